The van der Waals surface area contributed by atoms with Crippen LogP contribution in [0.5, 0.6) is 0 Å². The number of nitrogens with zero attached hydrogens (tertiary/aromatic N) is 1. The lowest BCUT2D eigenvalue weighted by Crippen LogP contribution is -2.12. The molecule has 7 aromatic rings. The van der Waals surface area contributed by atoms with E-state index in [9.17, 15) is 0 Å². The zero-order valence-electron chi connectivity index (χ0n) is 33.0. The Kier molecular flexibility index (Phi) is 11.7. The Morgan fingerprint density at radius 1 is 0.404 bits per heavy atom. The number of rotatable bonds is 11. The fraction of sp³-hybridized carbons (Fsp3) is 0.107. The van der Waals surface area contributed by atoms with Crippen LogP contribution in [0.1, 0.15) is 68.5 Å². The highest BCUT2D eigenvalue weighted by molar-refractivity contribution is 5.83. The topological polar surface area (TPSA) is 3.24 Å². The van der Waals surface area contributed by atoms with E-state index in [2.05, 4.69) is 231 Å². The number of aryl methyl sites for hydroxylation is 4. The van der Waals surface area contributed by atoms with Crippen molar-refractivity contribution in [1.82, 2.24) is 0 Å². The van der Waals surface area contributed by atoms with Crippen LogP contribution in [-0.2, 0) is 12.8 Å². The largest absolute Gasteiger partial charge is 0.310 e. The first-order chi connectivity index (χ1) is 28.1. The van der Waals surface area contributed by atoms with Crippen LogP contribution in [0.25, 0.3) is 23.3 Å². The number of allylic oxidation sites excluding steroid dienone is 4. The SMILES string of the molecule is Cc1ccc(C(=C/C=C/c2ccc(N(c3ccc(/C=C/C=C(c4ccccc4)c4ccccc4)cc3)c3ccc4c(c3)CCCC4)cc2)c2ccc(C)cc2)cc1. The zero-order chi connectivity index (χ0) is 38.8. The molecule has 57 heavy (non-hydrogen) atoms. The molecule has 0 aliphatic heterocycles. The van der Waals surface area contributed by atoms with Gasteiger partial charge in [-0.3, -0.25) is 0 Å². The summed E-state index contributed by atoms with van der Waals surface area (Å²) in [5.74, 6) is 0. The van der Waals surface area contributed by atoms with Gasteiger partial charge in [0.2, 0.25) is 0 Å². The van der Waals surface area contributed by atoms with Crippen LogP contribution in [0.3, 0.4) is 0 Å². The zero-order valence-corrected chi connectivity index (χ0v) is 33.0. The molecule has 278 valence electrons. The van der Waals surface area contributed by atoms with Crippen molar-refractivity contribution >= 4 is 40.4 Å². The van der Waals surface area contributed by atoms with Crippen LogP contribution < -0.4 is 4.90 Å². The molecule has 1 aliphatic carbocycles. The van der Waals surface area contributed by atoms with Crippen LogP contribution in [0.15, 0.2) is 200 Å². The van der Waals surface area contributed by atoms with Gasteiger partial charge in [-0.2, -0.15) is 0 Å². The van der Waals surface area contributed by atoms with Crippen molar-refractivity contribution in [2.45, 2.75) is 39.5 Å². The van der Waals surface area contributed by atoms with Gasteiger partial charge < -0.3 is 4.90 Å². The lowest BCUT2D eigenvalue weighted by atomic mass is 9.91. The Labute approximate surface area is 339 Å². The molecule has 1 heteroatoms. The Morgan fingerprint density at radius 3 is 1.26 bits per heavy atom. The molecule has 0 bridgehead atoms. The van der Waals surface area contributed by atoms with Gasteiger partial charge in [0.05, 0.1) is 0 Å². The summed E-state index contributed by atoms with van der Waals surface area (Å²) in [7, 11) is 0. The average molecular weight is 736 g/mol. The third kappa shape index (κ3) is 9.23. The van der Waals surface area contributed by atoms with Gasteiger partial charge in [0.25, 0.3) is 0 Å². The van der Waals surface area contributed by atoms with E-state index < -0.39 is 0 Å². The van der Waals surface area contributed by atoms with Crippen molar-refractivity contribution in [3.63, 3.8) is 0 Å². The minimum Gasteiger partial charge on any atom is -0.310 e. The number of benzene rings is 7. The first kappa shape index (κ1) is 37.2. The van der Waals surface area contributed by atoms with Gasteiger partial charge in [0.15, 0.2) is 0 Å². The maximum atomic E-state index is 2.41. The molecule has 0 atom stereocenters. The number of hydrogen-bond acceptors (Lipinski definition) is 1. The predicted molar refractivity (Wildman–Crippen MR) is 245 cm³/mol. The number of hydrogen-bond donors (Lipinski definition) is 0. The normalized spacial score (nSPS) is 12.3. The van der Waals surface area contributed by atoms with Crippen molar-refractivity contribution in [2.75, 3.05) is 4.90 Å². The molecule has 0 unspecified atom stereocenters. The van der Waals surface area contributed by atoms with Crippen LogP contribution >= 0.6 is 0 Å². The standard InChI is InChI=1S/C56H49N/c1-42-23-31-49(32-24-42)56(50-33-25-43(2)26-34-50)22-12-14-45-29-38-53(39-30-45)57(54-40-35-46-15-9-10-20-51(46)41-54)52-36-27-44(28-37-52)13-11-21-55(47-16-5-3-6-17-47)48-18-7-4-8-19-48/h3-8,11-14,16-19,21-41H,9-10,15,20H2,1-2H3/b13-11+,14-12+. The minimum atomic E-state index is 1.14. The Hall–Kier alpha value is -6.70. The molecular formula is C56H49N. The summed E-state index contributed by atoms with van der Waals surface area (Å²) in [6, 6.07) is 63.7. The third-order valence-corrected chi connectivity index (χ3v) is 10.9. The molecule has 0 amide bonds. The first-order valence-electron chi connectivity index (χ1n) is 20.2. The molecule has 8 rings (SSSR count). The van der Waals surface area contributed by atoms with E-state index in [1.807, 2.05) is 0 Å². The Bertz CT molecular complexity index is 2430. The van der Waals surface area contributed by atoms with Gasteiger partial charge in [0, 0.05) is 17.1 Å². The Balaban J connectivity index is 1.07. The fourth-order valence-electron chi connectivity index (χ4n) is 7.71. The maximum absolute atomic E-state index is 2.41. The van der Waals surface area contributed by atoms with Crippen LogP contribution in [0.2, 0.25) is 0 Å². The predicted octanol–water partition coefficient (Wildman–Crippen LogP) is 14.9. The van der Waals surface area contributed by atoms with Crippen LogP contribution in [0, 0.1) is 13.8 Å². The Morgan fingerprint density at radius 2 is 0.807 bits per heavy atom. The number of anilines is 3. The van der Waals surface area contributed by atoms with Gasteiger partial charge >= 0.3 is 0 Å². The molecule has 7 aromatic carbocycles. The molecule has 1 nitrogen and oxygen atoms in total. The molecule has 1 aliphatic rings. The summed E-state index contributed by atoms with van der Waals surface area (Å²) in [5.41, 5.74) is 18.5. The smallest absolute Gasteiger partial charge is 0.0464 e. The van der Waals surface area contributed by atoms with E-state index in [-0.39, 0.29) is 0 Å². The summed E-state index contributed by atoms with van der Waals surface area (Å²) >= 11 is 0. The molecule has 0 aromatic heterocycles. The number of fused-ring (bicyclic) bond motifs is 1. The highest BCUT2D eigenvalue weighted by Crippen LogP contribution is 2.37. The fourth-order valence-corrected chi connectivity index (χ4v) is 7.71. The van der Waals surface area contributed by atoms with Gasteiger partial charge in [-0.05, 0) is 132 Å². The van der Waals surface area contributed by atoms with E-state index in [1.165, 1.54) is 80.6 Å². The lowest BCUT2D eigenvalue weighted by Gasteiger charge is -2.27. The maximum Gasteiger partial charge on any atom is 0.0464 e. The van der Waals surface area contributed by atoms with E-state index in [1.54, 1.807) is 0 Å². The van der Waals surface area contributed by atoms with E-state index in [0.717, 1.165) is 28.9 Å². The van der Waals surface area contributed by atoms with E-state index in [4.69, 9.17) is 0 Å². The van der Waals surface area contributed by atoms with Crippen LogP contribution in [-0.4, -0.2) is 0 Å². The lowest BCUT2D eigenvalue weighted by molar-refractivity contribution is 0.685. The van der Waals surface area contributed by atoms with Crippen molar-refractivity contribution in [2.24, 2.45) is 0 Å². The molecule has 0 heterocycles. The molecule has 0 saturated carbocycles. The highest BCUT2D eigenvalue weighted by atomic mass is 15.1. The van der Waals surface area contributed by atoms with Crippen LogP contribution in [0.4, 0.5) is 17.1 Å². The average Bonchev–Trinajstić information content (AvgIpc) is 3.26. The summed E-state index contributed by atoms with van der Waals surface area (Å²) < 4.78 is 0. The second kappa shape index (κ2) is 17.8. The molecular weight excluding hydrogens is 687 g/mol. The second-order valence-corrected chi connectivity index (χ2v) is 15.0. The van der Waals surface area contributed by atoms with Gasteiger partial charge in [-0.15, -0.1) is 0 Å². The first-order valence-corrected chi connectivity index (χ1v) is 20.2. The summed E-state index contributed by atoms with van der Waals surface area (Å²) in [6.07, 6.45) is 18.0. The van der Waals surface area contributed by atoms with Crippen molar-refractivity contribution in [1.29, 1.82) is 0 Å². The van der Waals surface area contributed by atoms with Gasteiger partial charge in [0.1, 0.15) is 0 Å². The van der Waals surface area contributed by atoms with Gasteiger partial charge in [-0.1, -0.05) is 187 Å². The molecule has 0 saturated heterocycles. The van der Waals surface area contributed by atoms with Crippen molar-refractivity contribution < 1.29 is 0 Å². The molecule has 0 spiro atoms. The summed E-state index contributed by atoms with van der Waals surface area (Å²) in [4.78, 5) is 2.39. The van der Waals surface area contributed by atoms with E-state index in [0.29, 0.717) is 0 Å². The molecule has 0 fully saturated rings. The minimum absolute atomic E-state index is 1.14. The van der Waals surface area contributed by atoms with Crippen molar-refractivity contribution in [3.8, 4) is 0 Å². The van der Waals surface area contributed by atoms with Gasteiger partial charge in [-0.25, -0.2) is 0 Å². The quantitative estimate of drug-likeness (QED) is 0.120. The summed E-state index contributed by atoms with van der Waals surface area (Å²) in [5, 5.41) is 0. The molecule has 0 radical (unpaired) electrons. The summed E-state index contributed by atoms with van der Waals surface area (Å²) in [6.45, 7) is 4.27. The van der Waals surface area contributed by atoms with Crippen molar-refractivity contribution in [3.05, 3.63) is 256 Å². The monoisotopic (exact) mass is 735 g/mol. The second-order valence-electron chi connectivity index (χ2n) is 15.0. The molecule has 0 N–H and O–H groups in total. The third-order valence-electron chi connectivity index (χ3n) is 10.9. The van der Waals surface area contributed by atoms with E-state index >= 15 is 0 Å². The highest BCUT2D eigenvalue weighted by Gasteiger charge is 2.16.